The number of rotatable bonds is 5. The van der Waals surface area contributed by atoms with Crippen molar-refractivity contribution in [3.63, 3.8) is 0 Å². The van der Waals surface area contributed by atoms with Gasteiger partial charge in [0.25, 0.3) is 11.5 Å². The van der Waals surface area contributed by atoms with E-state index in [0.29, 0.717) is 46.8 Å². The fourth-order valence-electron chi connectivity index (χ4n) is 3.47. The summed E-state index contributed by atoms with van der Waals surface area (Å²) in [5, 5.41) is 17.7. The number of nitrogens with one attached hydrogen (secondary N) is 3. The van der Waals surface area contributed by atoms with Crippen LogP contribution in [0.4, 0.5) is 0 Å². The molecule has 3 N–H and O–H groups in total. The molecule has 0 spiro atoms. The van der Waals surface area contributed by atoms with Crippen LogP contribution in [0.2, 0.25) is 0 Å². The number of amides is 1. The van der Waals surface area contributed by atoms with Crippen LogP contribution in [0.25, 0.3) is 16.5 Å². The van der Waals surface area contributed by atoms with E-state index >= 15 is 0 Å². The Labute approximate surface area is 171 Å². The first-order valence-electron chi connectivity index (χ1n) is 9.39. The van der Waals surface area contributed by atoms with Gasteiger partial charge in [0.1, 0.15) is 5.75 Å². The van der Waals surface area contributed by atoms with E-state index < -0.39 is 0 Å². The fraction of sp³-hybridized carbons (Fsp3) is 0.182. The highest BCUT2D eigenvalue weighted by Crippen LogP contribution is 2.28. The highest BCUT2D eigenvalue weighted by molar-refractivity contribution is 5.97. The molecule has 1 saturated heterocycles. The van der Waals surface area contributed by atoms with E-state index in [1.807, 2.05) is 0 Å². The standard InChI is InChI=1S/C22H19N5O3/c1-13-18(22(29)27-11-14(9-24)12-27)10-26-20(13)19(4-6-23)30-16-3-2-15-5-7-25-21(28)17(15)8-16/h2-8,10,14,23,26H,11-12H2,1H3,(H,25,28)/b19-4+,23-6?. The number of carbonyl (C=O) groups excluding carboxylic acids is 1. The molecule has 0 unspecified atom stereocenters. The molecule has 1 aliphatic rings. The molecule has 150 valence electrons. The van der Waals surface area contributed by atoms with Crippen molar-refractivity contribution in [3.8, 4) is 11.8 Å². The molecule has 1 amide bonds. The molecule has 1 aliphatic heterocycles. The van der Waals surface area contributed by atoms with Crippen LogP contribution >= 0.6 is 0 Å². The summed E-state index contributed by atoms with van der Waals surface area (Å²) >= 11 is 0. The van der Waals surface area contributed by atoms with Crippen molar-refractivity contribution in [2.75, 3.05) is 13.1 Å². The molecule has 8 heteroatoms. The summed E-state index contributed by atoms with van der Waals surface area (Å²) in [7, 11) is 0. The van der Waals surface area contributed by atoms with Crippen LogP contribution in [0, 0.1) is 29.6 Å². The van der Waals surface area contributed by atoms with Gasteiger partial charge in [0.2, 0.25) is 0 Å². The first-order chi connectivity index (χ1) is 14.5. The number of ether oxygens (including phenoxy) is 1. The smallest absolute Gasteiger partial charge is 0.255 e. The quantitative estimate of drug-likeness (QED) is 0.449. The minimum atomic E-state index is -0.218. The van der Waals surface area contributed by atoms with Gasteiger partial charge in [0.05, 0.1) is 28.6 Å². The first kappa shape index (κ1) is 19.2. The lowest BCUT2D eigenvalue weighted by Gasteiger charge is -2.35. The van der Waals surface area contributed by atoms with Gasteiger partial charge in [0.15, 0.2) is 5.76 Å². The van der Waals surface area contributed by atoms with Crippen LogP contribution in [0.15, 0.2) is 47.5 Å². The number of allylic oxidation sites excluding steroid dienone is 1. The highest BCUT2D eigenvalue weighted by atomic mass is 16.5. The number of aromatic nitrogens is 2. The van der Waals surface area contributed by atoms with E-state index in [0.717, 1.165) is 11.6 Å². The number of nitriles is 1. The van der Waals surface area contributed by atoms with Crippen molar-refractivity contribution in [2.24, 2.45) is 5.92 Å². The van der Waals surface area contributed by atoms with E-state index in [2.05, 4.69) is 16.0 Å². The van der Waals surface area contributed by atoms with Gasteiger partial charge in [-0.05, 0) is 36.1 Å². The van der Waals surface area contributed by atoms with E-state index in [1.54, 1.807) is 48.5 Å². The summed E-state index contributed by atoms with van der Waals surface area (Å²) in [5.41, 5.74) is 1.54. The van der Waals surface area contributed by atoms with E-state index in [4.69, 9.17) is 15.4 Å². The van der Waals surface area contributed by atoms with Gasteiger partial charge < -0.3 is 25.0 Å². The molecule has 0 aliphatic carbocycles. The number of nitrogens with zero attached hydrogens (tertiary/aromatic N) is 2. The predicted molar refractivity (Wildman–Crippen MR) is 112 cm³/mol. The average Bonchev–Trinajstić information content (AvgIpc) is 3.08. The maximum atomic E-state index is 12.7. The van der Waals surface area contributed by atoms with Crippen LogP contribution in [0.3, 0.4) is 0 Å². The zero-order chi connectivity index (χ0) is 21.3. The Hall–Kier alpha value is -4.12. The molecule has 0 bridgehead atoms. The molecule has 2 aromatic heterocycles. The normalized spacial score (nSPS) is 14.3. The van der Waals surface area contributed by atoms with E-state index in [1.165, 1.54) is 6.08 Å². The minimum absolute atomic E-state index is 0.111. The summed E-state index contributed by atoms with van der Waals surface area (Å²) in [5.74, 6) is 0.536. The van der Waals surface area contributed by atoms with Crippen molar-refractivity contribution in [1.82, 2.24) is 14.9 Å². The summed E-state index contributed by atoms with van der Waals surface area (Å²) in [6.07, 6.45) is 5.77. The molecule has 0 atom stereocenters. The molecular weight excluding hydrogens is 382 g/mol. The number of fused-ring (bicyclic) bond motifs is 1. The lowest BCUT2D eigenvalue weighted by molar-refractivity contribution is 0.0577. The van der Waals surface area contributed by atoms with Crippen molar-refractivity contribution >= 4 is 28.7 Å². The third kappa shape index (κ3) is 3.37. The van der Waals surface area contributed by atoms with Gasteiger partial charge in [-0.1, -0.05) is 6.07 Å². The lowest BCUT2D eigenvalue weighted by atomic mass is 10.00. The van der Waals surface area contributed by atoms with Crippen molar-refractivity contribution in [2.45, 2.75) is 6.92 Å². The number of hydrogen-bond acceptors (Lipinski definition) is 5. The topological polar surface area (TPSA) is 126 Å². The number of likely N-dealkylation sites (tertiary alicyclic amines) is 1. The van der Waals surface area contributed by atoms with Gasteiger partial charge in [0, 0.05) is 37.8 Å². The second-order valence-corrected chi connectivity index (χ2v) is 7.09. The maximum absolute atomic E-state index is 12.7. The second kappa shape index (κ2) is 7.72. The van der Waals surface area contributed by atoms with Crippen LogP contribution in [0.5, 0.6) is 5.75 Å². The van der Waals surface area contributed by atoms with Gasteiger partial charge >= 0.3 is 0 Å². The SMILES string of the molecule is Cc1c(C(=O)N2CC(C#N)C2)c[nH]c1/C(=C\C=N)Oc1ccc2cc[nH]c(=O)c2c1. The van der Waals surface area contributed by atoms with E-state index in [-0.39, 0.29) is 17.4 Å². The Bertz CT molecular complexity index is 1270. The van der Waals surface area contributed by atoms with Crippen LogP contribution in [0.1, 0.15) is 21.6 Å². The summed E-state index contributed by atoms with van der Waals surface area (Å²) < 4.78 is 5.97. The number of hydrogen-bond donors (Lipinski definition) is 3. The number of aromatic amines is 2. The van der Waals surface area contributed by atoms with Crippen molar-refractivity contribution < 1.29 is 9.53 Å². The van der Waals surface area contributed by atoms with Crippen molar-refractivity contribution in [3.05, 3.63) is 69.9 Å². The molecular formula is C22H19N5O3. The Kier molecular flexibility index (Phi) is 4.94. The lowest BCUT2D eigenvalue weighted by Crippen LogP contribution is -2.49. The molecule has 4 rings (SSSR count). The summed E-state index contributed by atoms with van der Waals surface area (Å²) in [6.45, 7) is 2.66. The summed E-state index contributed by atoms with van der Waals surface area (Å²) in [4.78, 5) is 32.1. The summed E-state index contributed by atoms with van der Waals surface area (Å²) in [6, 6.07) is 9.12. The molecule has 0 saturated carbocycles. The van der Waals surface area contributed by atoms with Gasteiger partial charge in [-0.3, -0.25) is 9.59 Å². The minimum Gasteiger partial charge on any atom is -0.455 e. The van der Waals surface area contributed by atoms with Gasteiger partial charge in [-0.2, -0.15) is 5.26 Å². The molecule has 1 fully saturated rings. The largest absolute Gasteiger partial charge is 0.455 e. The third-order valence-electron chi connectivity index (χ3n) is 5.18. The van der Waals surface area contributed by atoms with Crippen LogP contribution in [-0.2, 0) is 0 Å². The average molecular weight is 401 g/mol. The van der Waals surface area contributed by atoms with Crippen LogP contribution < -0.4 is 10.3 Å². The Balaban J connectivity index is 1.62. The Morgan fingerprint density at radius 2 is 2.13 bits per heavy atom. The zero-order valence-electron chi connectivity index (χ0n) is 16.2. The van der Waals surface area contributed by atoms with E-state index in [9.17, 15) is 9.59 Å². The van der Waals surface area contributed by atoms with Crippen LogP contribution in [-0.4, -0.2) is 40.1 Å². The Morgan fingerprint density at radius 3 is 2.87 bits per heavy atom. The van der Waals surface area contributed by atoms with Crippen molar-refractivity contribution in [1.29, 1.82) is 10.7 Å². The monoisotopic (exact) mass is 401 g/mol. The maximum Gasteiger partial charge on any atom is 0.255 e. The highest BCUT2D eigenvalue weighted by Gasteiger charge is 2.32. The Morgan fingerprint density at radius 1 is 1.33 bits per heavy atom. The molecule has 1 aromatic carbocycles. The number of H-pyrrole nitrogens is 2. The zero-order valence-corrected chi connectivity index (χ0v) is 16.2. The number of carbonyl (C=O) groups is 1. The number of benzene rings is 1. The first-order valence-corrected chi connectivity index (χ1v) is 9.39. The van der Waals surface area contributed by atoms with Gasteiger partial charge in [-0.15, -0.1) is 0 Å². The number of pyridine rings is 1. The third-order valence-corrected chi connectivity index (χ3v) is 5.18. The molecule has 3 heterocycles. The second-order valence-electron chi connectivity index (χ2n) is 7.09. The fourth-order valence-corrected chi connectivity index (χ4v) is 3.47. The molecule has 3 aromatic rings. The molecule has 0 radical (unpaired) electrons. The molecule has 30 heavy (non-hydrogen) atoms. The van der Waals surface area contributed by atoms with Gasteiger partial charge in [-0.25, -0.2) is 0 Å². The molecule has 8 nitrogen and oxygen atoms in total. The predicted octanol–water partition coefficient (Wildman–Crippen LogP) is 2.83.